The van der Waals surface area contributed by atoms with E-state index in [9.17, 15) is 0 Å². The molecule has 0 aromatic rings. The molecule has 0 amide bonds. The molecular weight excluding hydrogens is 124 g/mol. The van der Waals surface area contributed by atoms with Crippen LogP contribution in [0.15, 0.2) is 12.7 Å². The van der Waals surface area contributed by atoms with Gasteiger partial charge in [0.05, 0.1) is 6.61 Å². The van der Waals surface area contributed by atoms with Crippen LogP contribution in [0.4, 0.5) is 0 Å². The number of hydrogen-bond acceptors (Lipinski definition) is 1. The third-order valence-corrected chi connectivity index (χ3v) is 1.42. The SMILES string of the molecule is C=CCOCC(C)CCC. The summed E-state index contributed by atoms with van der Waals surface area (Å²) >= 11 is 0. The van der Waals surface area contributed by atoms with Crippen molar-refractivity contribution in [3.05, 3.63) is 12.7 Å². The molecule has 0 aromatic heterocycles. The Labute approximate surface area is 64.1 Å². The van der Waals surface area contributed by atoms with Crippen LogP contribution < -0.4 is 0 Å². The van der Waals surface area contributed by atoms with E-state index in [0.717, 1.165) is 6.61 Å². The fourth-order valence-electron chi connectivity index (χ4n) is 0.929. The number of hydrogen-bond donors (Lipinski definition) is 0. The monoisotopic (exact) mass is 142 g/mol. The minimum absolute atomic E-state index is 0.689. The van der Waals surface area contributed by atoms with E-state index in [-0.39, 0.29) is 0 Å². The summed E-state index contributed by atoms with van der Waals surface area (Å²) in [6.07, 6.45) is 4.30. The molecule has 0 aliphatic carbocycles. The lowest BCUT2D eigenvalue weighted by molar-refractivity contribution is 0.125. The summed E-state index contributed by atoms with van der Waals surface area (Å²) in [5.74, 6) is 0.699. The van der Waals surface area contributed by atoms with Gasteiger partial charge in [-0.15, -0.1) is 6.58 Å². The molecule has 0 aromatic carbocycles. The lowest BCUT2D eigenvalue weighted by atomic mass is 10.1. The molecule has 0 saturated heterocycles. The number of rotatable bonds is 6. The maximum absolute atomic E-state index is 5.28. The highest BCUT2D eigenvalue weighted by molar-refractivity contribution is 4.64. The van der Waals surface area contributed by atoms with E-state index >= 15 is 0 Å². The largest absolute Gasteiger partial charge is 0.377 e. The van der Waals surface area contributed by atoms with Crippen LogP contribution in [0.2, 0.25) is 0 Å². The molecule has 0 heterocycles. The molecular formula is C9H18O. The van der Waals surface area contributed by atoms with Crippen LogP contribution in [0.5, 0.6) is 0 Å². The quantitative estimate of drug-likeness (QED) is 0.409. The molecule has 0 rings (SSSR count). The topological polar surface area (TPSA) is 9.23 Å². The molecule has 1 unspecified atom stereocenters. The zero-order valence-corrected chi connectivity index (χ0v) is 7.10. The van der Waals surface area contributed by atoms with Crippen molar-refractivity contribution in [1.82, 2.24) is 0 Å². The minimum Gasteiger partial charge on any atom is -0.377 e. The maximum Gasteiger partial charge on any atom is 0.0644 e. The molecule has 0 saturated carbocycles. The van der Waals surface area contributed by atoms with Gasteiger partial charge in [-0.1, -0.05) is 26.3 Å². The first kappa shape index (κ1) is 9.70. The summed E-state index contributed by atoms with van der Waals surface area (Å²) in [7, 11) is 0. The lowest BCUT2D eigenvalue weighted by Gasteiger charge is -2.08. The van der Waals surface area contributed by atoms with E-state index < -0.39 is 0 Å². The van der Waals surface area contributed by atoms with Crippen molar-refractivity contribution in [2.24, 2.45) is 5.92 Å². The van der Waals surface area contributed by atoms with Crippen molar-refractivity contribution < 1.29 is 4.74 Å². The standard InChI is InChI=1S/C9H18O/c1-4-6-9(3)8-10-7-5-2/h5,9H,2,4,6-8H2,1,3H3. The fourth-order valence-corrected chi connectivity index (χ4v) is 0.929. The van der Waals surface area contributed by atoms with Crippen molar-refractivity contribution in [2.75, 3.05) is 13.2 Å². The molecule has 1 nitrogen and oxygen atoms in total. The van der Waals surface area contributed by atoms with E-state index in [1.54, 1.807) is 6.08 Å². The molecule has 0 N–H and O–H groups in total. The van der Waals surface area contributed by atoms with E-state index in [4.69, 9.17) is 4.74 Å². The van der Waals surface area contributed by atoms with Gasteiger partial charge in [0, 0.05) is 6.61 Å². The smallest absolute Gasteiger partial charge is 0.0644 e. The Morgan fingerprint density at radius 3 is 2.80 bits per heavy atom. The predicted molar refractivity (Wildman–Crippen MR) is 45.1 cm³/mol. The highest BCUT2D eigenvalue weighted by Gasteiger charge is 1.98. The molecule has 1 atom stereocenters. The van der Waals surface area contributed by atoms with Crippen LogP contribution in [0, 0.1) is 5.92 Å². The van der Waals surface area contributed by atoms with Crippen LogP contribution >= 0.6 is 0 Å². The average Bonchev–Trinajstić information content (AvgIpc) is 1.89. The van der Waals surface area contributed by atoms with Gasteiger partial charge in [-0.2, -0.15) is 0 Å². The first-order valence-electron chi connectivity index (χ1n) is 3.99. The Morgan fingerprint density at radius 2 is 2.30 bits per heavy atom. The summed E-state index contributed by atoms with van der Waals surface area (Å²) in [5.41, 5.74) is 0. The molecule has 0 radical (unpaired) electrons. The maximum atomic E-state index is 5.28. The molecule has 0 aliphatic heterocycles. The summed E-state index contributed by atoms with van der Waals surface area (Å²) < 4.78 is 5.28. The van der Waals surface area contributed by atoms with Crippen molar-refractivity contribution in [3.63, 3.8) is 0 Å². The molecule has 10 heavy (non-hydrogen) atoms. The summed E-state index contributed by atoms with van der Waals surface area (Å²) in [6.45, 7) is 9.56. The van der Waals surface area contributed by atoms with E-state index in [2.05, 4.69) is 20.4 Å². The zero-order chi connectivity index (χ0) is 7.82. The van der Waals surface area contributed by atoms with Gasteiger partial charge in [0.15, 0.2) is 0 Å². The van der Waals surface area contributed by atoms with Crippen LogP contribution in [0.3, 0.4) is 0 Å². The highest BCUT2D eigenvalue weighted by atomic mass is 16.5. The third-order valence-electron chi connectivity index (χ3n) is 1.42. The van der Waals surface area contributed by atoms with E-state index in [0.29, 0.717) is 12.5 Å². The van der Waals surface area contributed by atoms with Gasteiger partial charge in [-0.05, 0) is 12.3 Å². The van der Waals surface area contributed by atoms with Crippen LogP contribution in [0.25, 0.3) is 0 Å². The van der Waals surface area contributed by atoms with Gasteiger partial charge in [0.1, 0.15) is 0 Å². The van der Waals surface area contributed by atoms with Crippen LogP contribution in [-0.2, 0) is 4.74 Å². The van der Waals surface area contributed by atoms with Crippen LogP contribution in [0.1, 0.15) is 26.7 Å². The van der Waals surface area contributed by atoms with Crippen molar-refractivity contribution in [1.29, 1.82) is 0 Å². The highest BCUT2D eigenvalue weighted by Crippen LogP contribution is 2.04. The molecule has 0 spiro atoms. The second-order valence-corrected chi connectivity index (χ2v) is 2.72. The van der Waals surface area contributed by atoms with E-state index in [1.165, 1.54) is 12.8 Å². The summed E-state index contributed by atoms with van der Waals surface area (Å²) in [4.78, 5) is 0. The van der Waals surface area contributed by atoms with Gasteiger partial charge in [0.25, 0.3) is 0 Å². The Kier molecular flexibility index (Phi) is 6.61. The average molecular weight is 142 g/mol. The molecule has 1 heteroatoms. The van der Waals surface area contributed by atoms with Gasteiger partial charge >= 0.3 is 0 Å². The second-order valence-electron chi connectivity index (χ2n) is 2.72. The minimum atomic E-state index is 0.689. The molecule has 0 fully saturated rings. The predicted octanol–water partition coefficient (Wildman–Crippen LogP) is 2.63. The summed E-state index contributed by atoms with van der Waals surface area (Å²) in [6, 6.07) is 0. The Morgan fingerprint density at radius 1 is 1.60 bits per heavy atom. The van der Waals surface area contributed by atoms with E-state index in [1.807, 2.05) is 0 Å². The Balaban J connectivity index is 3.04. The summed E-state index contributed by atoms with van der Waals surface area (Å²) in [5, 5.41) is 0. The third kappa shape index (κ3) is 5.83. The van der Waals surface area contributed by atoms with Gasteiger partial charge in [-0.3, -0.25) is 0 Å². The normalized spacial score (nSPS) is 13.0. The molecule has 60 valence electrons. The van der Waals surface area contributed by atoms with Crippen molar-refractivity contribution in [3.8, 4) is 0 Å². The first-order valence-corrected chi connectivity index (χ1v) is 3.99. The van der Waals surface area contributed by atoms with Crippen molar-refractivity contribution >= 4 is 0 Å². The van der Waals surface area contributed by atoms with Gasteiger partial charge < -0.3 is 4.74 Å². The van der Waals surface area contributed by atoms with Crippen LogP contribution in [-0.4, -0.2) is 13.2 Å². The molecule has 0 aliphatic rings. The first-order chi connectivity index (χ1) is 4.81. The second kappa shape index (κ2) is 6.81. The van der Waals surface area contributed by atoms with Gasteiger partial charge in [-0.25, -0.2) is 0 Å². The fraction of sp³-hybridized carbons (Fsp3) is 0.778. The Hall–Kier alpha value is -0.300. The van der Waals surface area contributed by atoms with Gasteiger partial charge in [0.2, 0.25) is 0 Å². The zero-order valence-electron chi connectivity index (χ0n) is 7.10. The Bertz CT molecular complexity index is 78.8. The lowest BCUT2D eigenvalue weighted by Crippen LogP contribution is -2.05. The number of ether oxygens (including phenoxy) is 1. The molecule has 0 bridgehead atoms. The van der Waals surface area contributed by atoms with Crippen molar-refractivity contribution in [2.45, 2.75) is 26.7 Å².